The second-order valence-electron chi connectivity index (χ2n) is 5.62. The van der Waals surface area contributed by atoms with Crippen molar-refractivity contribution >= 4 is 0 Å². The zero-order chi connectivity index (χ0) is 13.5. The third-order valence-corrected chi connectivity index (χ3v) is 4.11. The van der Waals surface area contributed by atoms with Gasteiger partial charge in [-0.2, -0.15) is 0 Å². The molecule has 1 N–H and O–H groups in total. The smallest absolute Gasteiger partial charge is 0.0956 e. The van der Waals surface area contributed by atoms with Crippen LogP contribution in [-0.4, -0.2) is 20.1 Å². The molecule has 0 saturated carbocycles. The number of aryl methyl sites for hydroxylation is 1. The Morgan fingerprint density at radius 2 is 2.21 bits per heavy atom. The van der Waals surface area contributed by atoms with Crippen molar-refractivity contribution < 1.29 is 5.11 Å². The molecule has 4 heteroatoms. The summed E-state index contributed by atoms with van der Waals surface area (Å²) in [4.78, 5) is 0. The van der Waals surface area contributed by atoms with Crippen LogP contribution in [0.3, 0.4) is 0 Å². The van der Waals surface area contributed by atoms with Crippen molar-refractivity contribution in [2.24, 2.45) is 7.05 Å². The van der Waals surface area contributed by atoms with E-state index < -0.39 is 5.60 Å². The van der Waals surface area contributed by atoms with Crippen molar-refractivity contribution in [2.45, 2.75) is 37.7 Å². The maximum Gasteiger partial charge on any atom is 0.0956 e. The van der Waals surface area contributed by atoms with Gasteiger partial charge >= 0.3 is 0 Å². The summed E-state index contributed by atoms with van der Waals surface area (Å²) in [6.07, 6.45) is 4.19. The zero-order valence-electron chi connectivity index (χ0n) is 11.4. The van der Waals surface area contributed by atoms with Crippen molar-refractivity contribution in [2.75, 3.05) is 0 Å². The highest BCUT2D eigenvalue weighted by Crippen LogP contribution is 2.42. The van der Waals surface area contributed by atoms with E-state index in [1.54, 1.807) is 4.68 Å². The highest BCUT2D eigenvalue weighted by Gasteiger charge is 2.37. The highest BCUT2D eigenvalue weighted by atomic mass is 16.3. The lowest BCUT2D eigenvalue weighted by Crippen LogP contribution is -2.34. The Bertz CT molecular complexity index is 593. The molecule has 100 valence electrons. The van der Waals surface area contributed by atoms with Gasteiger partial charge in [-0.25, -0.2) is 0 Å². The van der Waals surface area contributed by atoms with Gasteiger partial charge in [-0.05, 0) is 29.9 Å². The molecular weight excluding hydrogens is 238 g/mol. The first kappa shape index (κ1) is 12.4. The molecule has 1 aliphatic carbocycles. The molecule has 19 heavy (non-hydrogen) atoms. The van der Waals surface area contributed by atoms with Gasteiger partial charge in [0.15, 0.2) is 0 Å². The lowest BCUT2D eigenvalue weighted by atomic mass is 9.73. The Morgan fingerprint density at radius 3 is 2.95 bits per heavy atom. The van der Waals surface area contributed by atoms with Crippen molar-refractivity contribution in [1.82, 2.24) is 15.0 Å². The third kappa shape index (κ3) is 2.16. The number of benzene rings is 1. The Morgan fingerprint density at radius 1 is 1.42 bits per heavy atom. The number of hydrogen-bond donors (Lipinski definition) is 1. The summed E-state index contributed by atoms with van der Waals surface area (Å²) in [5.74, 6) is 0.512. The molecule has 3 rings (SSSR count). The van der Waals surface area contributed by atoms with Crippen LogP contribution in [0.15, 0.2) is 30.5 Å². The molecule has 1 aliphatic rings. The van der Waals surface area contributed by atoms with Crippen molar-refractivity contribution in [1.29, 1.82) is 0 Å². The van der Waals surface area contributed by atoms with Crippen LogP contribution >= 0.6 is 0 Å². The van der Waals surface area contributed by atoms with E-state index >= 15 is 0 Å². The summed E-state index contributed by atoms with van der Waals surface area (Å²) in [6.45, 7) is 2.22. The highest BCUT2D eigenvalue weighted by molar-refractivity contribution is 5.38. The van der Waals surface area contributed by atoms with Crippen LogP contribution in [0, 0.1) is 0 Å². The standard InChI is InChI=1S/C15H19N3O/c1-11-7-8-15(19,9-12-10-18(2)17-16-12)14-6-4-3-5-13(11)14/h3-6,10-11,19H,7-9H2,1-2H3. The quantitative estimate of drug-likeness (QED) is 0.896. The summed E-state index contributed by atoms with van der Waals surface area (Å²) >= 11 is 0. The molecule has 1 aromatic heterocycles. The fourth-order valence-corrected chi connectivity index (χ4v) is 3.06. The number of fused-ring (bicyclic) bond motifs is 1. The fraction of sp³-hybridized carbons (Fsp3) is 0.467. The van der Waals surface area contributed by atoms with Crippen LogP contribution < -0.4 is 0 Å². The Labute approximate surface area is 113 Å². The number of aliphatic hydroxyl groups is 1. The second kappa shape index (κ2) is 4.46. The minimum atomic E-state index is -0.806. The molecule has 1 heterocycles. The van der Waals surface area contributed by atoms with E-state index in [9.17, 15) is 5.11 Å². The number of nitrogens with zero attached hydrogens (tertiary/aromatic N) is 3. The van der Waals surface area contributed by atoms with E-state index in [0.717, 1.165) is 24.1 Å². The number of hydrogen-bond acceptors (Lipinski definition) is 3. The average molecular weight is 257 g/mol. The van der Waals surface area contributed by atoms with Crippen LogP contribution in [0.1, 0.15) is 42.5 Å². The normalized spacial score (nSPS) is 26.2. The van der Waals surface area contributed by atoms with E-state index in [0.29, 0.717) is 12.3 Å². The molecular formula is C15H19N3O. The molecule has 0 spiro atoms. The summed E-state index contributed by atoms with van der Waals surface area (Å²) in [6, 6.07) is 8.21. The first-order valence-corrected chi connectivity index (χ1v) is 6.75. The summed E-state index contributed by atoms with van der Waals surface area (Å²) in [7, 11) is 1.84. The van der Waals surface area contributed by atoms with E-state index in [4.69, 9.17) is 0 Å². The van der Waals surface area contributed by atoms with Gasteiger partial charge < -0.3 is 5.11 Å². The lowest BCUT2D eigenvalue weighted by Gasteiger charge is -2.37. The van der Waals surface area contributed by atoms with Crippen LogP contribution in [0.25, 0.3) is 0 Å². The molecule has 0 aliphatic heterocycles. The van der Waals surface area contributed by atoms with Gasteiger partial charge in [0.05, 0.1) is 11.3 Å². The molecule has 2 aromatic rings. The maximum atomic E-state index is 11.0. The van der Waals surface area contributed by atoms with Crippen molar-refractivity contribution in [3.63, 3.8) is 0 Å². The molecule has 0 fully saturated rings. The van der Waals surface area contributed by atoms with Gasteiger partial charge in [-0.1, -0.05) is 36.4 Å². The van der Waals surface area contributed by atoms with Crippen LogP contribution in [0.5, 0.6) is 0 Å². The zero-order valence-corrected chi connectivity index (χ0v) is 11.4. The predicted molar refractivity (Wildman–Crippen MR) is 72.7 cm³/mol. The molecule has 0 radical (unpaired) electrons. The van der Waals surface area contributed by atoms with Gasteiger partial charge in [0.25, 0.3) is 0 Å². The first-order chi connectivity index (χ1) is 9.08. The topological polar surface area (TPSA) is 50.9 Å². The monoisotopic (exact) mass is 257 g/mol. The number of rotatable bonds is 2. The van der Waals surface area contributed by atoms with Crippen molar-refractivity contribution in [3.8, 4) is 0 Å². The Balaban J connectivity index is 1.98. The first-order valence-electron chi connectivity index (χ1n) is 6.75. The molecule has 4 nitrogen and oxygen atoms in total. The lowest BCUT2D eigenvalue weighted by molar-refractivity contribution is 0.0150. The van der Waals surface area contributed by atoms with Gasteiger partial charge in [0.1, 0.15) is 0 Å². The van der Waals surface area contributed by atoms with E-state index in [1.807, 2.05) is 31.4 Å². The number of aromatic nitrogens is 3. The Hall–Kier alpha value is -1.68. The van der Waals surface area contributed by atoms with E-state index in [1.165, 1.54) is 5.56 Å². The molecule has 0 bridgehead atoms. The second-order valence-corrected chi connectivity index (χ2v) is 5.62. The average Bonchev–Trinajstić information content (AvgIpc) is 2.80. The maximum absolute atomic E-state index is 11.0. The van der Waals surface area contributed by atoms with Gasteiger partial charge in [0, 0.05) is 19.7 Å². The largest absolute Gasteiger partial charge is 0.385 e. The summed E-state index contributed by atoms with van der Waals surface area (Å²) < 4.78 is 1.68. The van der Waals surface area contributed by atoms with Gasteiger partial charge in [-0.3, -0.25) is 4.68 Å². The molecule has 2 atom stereocenters. The van der Waals surface area contributed by atoms with Crippen LogP contribution in [-0.2, 0) is 19.1 Å². The third-order valence-electron chi connectivity index (χ3n) is 4.11. The van der Waals surface area contributed by atoms with Gasteiger partial charge in [-0.15, -0.1) is 5.10 Å². The molecule has 1 aromatic carbocycles. The minimum Gasteiger partial charge on any atom is -0.385 e. The fourth-order valence-electron chi connectivity index (χ4n) is 3.06. The Kier molecular flexibility index (Phi) is 2.90. The molecule has 0 saturated heterocycles. The summed E-state index contributed by atoms with van der Waals surface area (Å²) in [5.41, 5.74) is 2.35. The van der Waals surface area contributed by atoms with E-state index in [2.05, 4.69) is 23.3 Å². The SMILES string of the molecule is CC1CCC(O)(Cc2cn(C)nn2)c2ccccc21. The summed E-state index contributed by atoms with van der Waals surface area (Å²) in [5, 5.41) is 19.1. The molecule has 0 amide bonds. The van der Waals surface area contributed by atoms with Gasteiger partial charge in [0.2, 0.25) is 0 Å². The van der Waals surface area contributed by atoms with Crippen LogP contribution in [0.4, 0.5) is 0 Å². The van der Waals surface area contributed by atoms with Crippen molar-refractivity contribution in [3.05, 3.63) is 47.3 Å². The molecule has 2 unspecified atom stereocenters. The van der Waals surface area contributed by atoms with Crippen LogP contribution in [0.2, 0.25) is 0 Å². The predicted octanol–water partition coefficient (Wildman–Crippen LogP) is 2.14. The van der Waals surface area contributed by atoms with E-state index in [-0.39, 0.29) is 0 Å². The minimum absolute atomic E-state index is 0.512.